The van der Waals surface area contributed by atoms with Crippen LogP contribution in [0.15, 0.2) is 24.3 Å². The largest absolute Gasteiger partial charge is 0.387 e. The lowest BCUT2D eigenvalue weighted by atomic mass is 9.73. The second-order valence-electron chi connectivity index (χ2n) is 6.84. The van der Waals surface area contributed by atoms with Crippen LogP contribution >= 0.6 is 11.6 Å². The van der Waals surface area contributed by atoms with E-state index in [1.54, 1.807) is 0 Å². The maximum Gasteiger partial charge on any atom is 0.264 e. The van der Waals surface area contributed by atoms with Crippen molar-refractivity contribution in [2.24, 2.45) is 11.3 Å². The molecule has 6 heteroatoms. The zero-order valence-electron chi connectivity index (χ0n) is 13.2. The Morgan fingerprint density at radius 1 is 1.32 bits per heavy atom. The van der Waals surface area contributed by atoms with E-state index in [1.807, 2.05) is 38.1 Å². The van der Waals surface area contributed by atoms with Crippen LogP contribution < -0.4 is 0 Å². The van der Waals surface area contributed by atoms with Crippen LogP contribution in [0.1, 0.15) is 32.3 Å². The normalized spacial score (nSPS) is 28.0. The highest BCUT2D eigenvalue weighted by atomic mass is 35.5. The molecule has 0 aliphatic heterocycles. The van der Waals surface area contributed by atoms with E-state index in [1.165, 1.54) is 0 Å². The van der Waals surface area contributed by atoms with E-state index in [-0.39, 0.29) is 12.5 Å². The molecule has 1 N–H and O–H groups in total. The molecule has 4 nitrogen and oxygen atoms in total. The number of benzene rings is 1. The van der Waals surface area contributed by atoms with Crippen molar-refractivity contribution < 1.29 is 17.7 Å². The average Bonchev–Trinajstić information content (AvgIpc) is 2.62. The van der Waals surface area contributed by atoms with E-state index >= 15 is 0 Å². The van der Waals surface area contributed by atoms with E-state index in [9.17, 15) is 13.5 Å². The molecule has 0 spiro atoms. The average molecular weight is 347 g/mol. The third-order valence-corrected chi connectivity index (χ3v) is 5.65. The van der Waals surface area contributed by atoms with Crippen molar-refractivity contribution in [1.29, 1.82) is 0 Å². The van der Waals surface area contributed by atoms with E-state index in [2.05, 4.69) is 0 Å². The van der Waals surface area contributed by atoms with E-state index in [0.29, 0.717) is 11.4 Å². The smallest absolute Gasteiger partial charge is 0.264 e. The summed E-state index contributed by atoms with van der Waals surface area (Å²) in [5, 5.41) is 11.8. The SMILES string of the molecule is CC1(C)CC[C@@H](Cc2ccc(Cl)cc2)[C@]1(O)COS(C)(=O)=O. The van der Waals surface area contributed by atoms with Gasteiger partial charge in [-0.15, -0.1) is 0 Å². The first-order chi connectivity index (χ1) is 10.0. The predicted octanol–water partition coefficient (Wildman–Crippen LogP) is 3.03. The van der Waals surface area contributed by atoms with Crippen LogP contribution in [-0.4, -0.2) is 32.0 Å². The summed E-state index contributed by atoms with van der Waals surface area (Å²) in [5.74, 6) is -0.0505. The van der Waals surface area contributed by atoms with Crippen molar-refractivity contribution in [1.82, 2.24) is 0 Å². The van der Waals surface area contributed by atoms with Gasteiger partial charge in [0.15, 0.2) is 0 Å². The quantitative estimate of drug-likeness (QED) is 0.832. The Labute approximate surface area is 137 Å². The van der Waals surface area contributed by atoms with E-state index in [4.69, 9.17) is 15.8 Å². The standard InChI is InChI=1S/C16H23ClO4S/c1-15(2)9-8-13(10-12-4-6-14(17)7-5-12)16(15,18)11-21-22(3,19)20/h4-7,13,18H,8-11H2,1-3H3/t13-,16+/m0/s1. The van der Waals surface area contributed by atoms with Gasteiger partial charge in [-0.3, -0.25) is 4.18 Å². The molecular weight excluding hydrogens is 324 g/mol. The summed E-state index contributed by atoms with van der Waals surface area (Å²) in [6.07, 6.45) is 3.34. The van der Waals surface area contributed by atoms with E-state index < -0.39 is 21.1 Å². The highest BCUT2D eigenvalue weighted by molar-refractivity contribution is 7.85. The maximum atomic E-state index is 11.3. The second kappa shape index (κ2) is 6.11. The first-order valence-electron chi connectivity index (χ1n) is 7.35. The number of hydrogen-bond acceptors (Lipinski definition) is 4. The van der Waals surface area contributed by atoms with Gasteiger partial charge in [0, 0.05) is 5.02 Å². The number of aliphatic hydroxyl groups is 1. The predicted molar refractivity (Wildman–Crippen MR) is 87.4 cm³/mol. The molecule has 2 atom stereocenters. The molecule has 2 rings (SSSR count). The Morgan fingerprint density at radius 2 is 1.91 bits per heavy atom. The molecule has 1 saturated carbocycles. The van der Waals surface area contributed by atoms with Crippen molar-refractivity contribution in [2.45, 2.75) is 38.7 Å². The lowest BCUT2D eigenvalue weighted by molar-refractivity contribution is -0.102. The molecular formula is C16H23ClO4S. The lowest BCUT2D eigenvalue weighted by Gasteiger charge is -2.40. The molecule has 0 saturated heterocycles. The van der Waals surface area contributed by atoms with Gasteiger partial charge in [0.25, 0.3) is 10.1 Å². The van der Waals surface area contributed by atoms with Gasteiger partial charge in [0.1, 0.15) is 0 Å². The van der Waals surface area contributed by atoms with Crippen LogP contribution in [-0.2, 0) is 20.7 Å². The fourth-order valence-corrected chi connectivity index (χ4v) is 3.75. The number of halogens is 1. The van der Waals surface area contributed by atoms with Crippen LogP contribution in [0.3, 0.4) is 0 Å². The summed E-state index contributed by atoms with van der Waals surface area (Å²) in [4.78, 5) is 0. The van der Waals surface area contributed by atoms with Gasteiger partial charge in [-0.05, 0) is 48.3 Å². The Morgan fingerprint density at radius 3 is 2.45 bits per heavy atom. The van der Waals surface area contributed by atoms with Gasteiger partial charge in [0.05, 0.1) is 18.5 Å². The fourth-order valence-electron chi connectivity index (χ4n) is 3.23. The van der Waals surface area contributed by atoms with E-state index in [0.717, 1.165) is 24.7 Å². The minimum absolute atomic E-state index is 0.0505. The Kier molecular flexibility index (Phi) is 4.93. The summed E-state index contributed by atoms with van der Waals surface area (Å²) < 4.78 is 27.5. The number of rotatable bonds is 5. The van der Waals surface area contributed by atoms with Gasteiger partial charge in [-0.1, -0.05) is 37.6 Å². The maximum absolute atomic E-state index is 11.3. The molecule has 1 fully saturated rings. The molecule has 22 heavy (non-hydrogen) atoms. The molecule has 0 bridgehead atoms. The molecule has 1 aliphatic carbocycles. The molecule has 0 radical (unpaired) electrons. The van der Waals surface area contributed by atoms with Crippen molar-refractivity contribution in [3.05, 3.63) is 34.9 Å². The Hall–Kier alpha value is -0.620. The molecule has 0 aromatic heterocycles. The zero-order chi connectivity index (χ0) is 16.6. The van der Waals surface area contributed by atoms with Crippen molar-refractivity contribution >= 4 is 21.7 Å². The summed E-state index contributed by atoms with van der Waals surface area (Å²) in [5.41, 5.74) is -0.491. The van der Waals surface area contributed by atoms with Gasteiger partial charge in [0.2, 0.25) is 0 Å². The molecule has 0 unspecified atom stereocenters. The van der Waals surface area contributed by atoms with Gasteiger partial charge in [-0.2, -0.15) is 8.42 Å². The van der Waals surface area contributed by atoms with Crippen LogP contribution in [0.25, 0.3) is 0 Å². The molecule has 124 valence electrons. The van der Waals surface area contributed by atoms with Crippen LogP contribution in [0, 0.1) is 11.3 Å². The molecule has 1 aliphatic rings. The highest BCUT2D eigenvalue weighted by Gasteiger charge is 2.54. The Balaban J connectivity index is 2.20. The third kappa shape index (κ3) is 3.82. The van der Waals surface area contributed by atoms with Crippen LogP contribution in [0.2, 0.25) is 5.02 Å². The minimum Gasteiger partial charge on any atom is -0.387 e. The first kappa shape index (κ1) is 17.7. The summed E-state index contributed by atoms with van der Waals surface area (Å²) in [6.45, 7) is 3.72. The molecule has 0 heterocycles. The highest BCUT2D eigenvalue weighted by Crippen LogP contribution is 2.51. The van der Waals surface area contributed by atoms with Crippen molar-refractivity contribution in [3.8, 4) is 0 Å². The monoisotopic (exact) mass is 346 g/mol. The van der Waals surface area contributed by atoms with Crippen LogP contribution in [0.5, 0.6) is 0 Å². The minimum atomic E-state index is -3.58. The summed E-state index contributed by atoms with van der Waals surface area (Å²) >= 11 is 5.89. The van der Waals surface area contributed by atoms with Crippen molar-refractivity contribution in [3.63, 3.8) is 0 Å². The van der Waals surface area contributed by atoms with Gasteiger partial charge in [-0.25, -0.2) is 0 Å². The molecule has 1 aromatic rings. The first-order valence-corrected chi connectivity index (χ1v) is 9.54. The molecule has 0 amide bonds. The molecule has 1 aromatic carbocycles. The van der Waals surface area contributed by atoms with Gasteiger partial charge >= 0.3 is 0 Å². The topological polar surface area (TPSA) is 63.6 Å². The third-order valence-electron chi connectivity index (χ3n) is 4.85. The summed E-state index contributed by atoms with van der Waals surface area (Å²) in [6, 6.07) is 7.52. The van der Waals surface area contributed by atoms with Crippen LogP contribution in [0.4, 0.5) is 0 Å². The number of hydrogen-bond donors (Lipinski definition) is 1. The second-order valence-corrected chi connectivity index (χ2v) is 8.92. The van der Waals surface area contributed by atoms with Crippen molar-refractivity contribution in [2.75, 3.05) is 12.9 Å². The lowest BCUT2D eigenvalue weighted by Crippen LogP contribution is -2.50. The van der Waals surface area contributed by atoms with Gasteiger partial charge < -0.3 is 5.11 Å². The zero-order valence-corrected chi connectivity index (χ0v) is 14.7. The Bertz CT molecular complexity index is 624. The summed E-state index contributed by atoms with van der Waals surface area (Å²) in [7, 11) is -3.58. The fraction of sp³-hybridized carbons (Fsp3) is 0.625.